The van der Waals surface area contributed by atoms with Gasteiger partial charge in [0.15, 0.2) is 35.9 Å². The zero-order valence-electron chi connectivity index (χ0n) is 28.2. The highest BCUT2D eigenvalue weighted by Gasteiger charge is 2.54. The van der Waals surface area contributed by atoms with E-state index < -0.39 is 140 Å². The van der Waals surface area contributed by atoms with Gasteiger partial charge >= 0.3 is 0 Å². The van der Waals surface area contributed by atoms with Crippen molar-refractivity contribution in [2.75, 3.05) is 33.5 Å². The van der Waals surface area contributed by atoms with E-state index in [4.69, 9.17) is 37.6 Å². The monoisotopic (exact) mass is 772 g/mol. The van der Waals surface area contributed by atoms with Gasteiger partial charge in [0.2, 0.25) is 17.5 Å². The summed E-state index contributed by atoms with van der Waals surface area (Å²) in [5, 5.41) is 124. The summed E-state index contributed by atoms with van der Waals surface area (Å²) in [5.41, 5.74) is -3.56. The molecule has 0 amide bonds. The largest absolute Gasteiger partial charge is 0.508 e. The maximum atomic E-state index is 14.1. The molecule has 298 valence electrons. The number of methoxy groups -OCH3 is 1. The Kier molecular flexibility index (Phi) is 11.5. The lowest BCUT2D eigenvalue weighted by Crippen LogP contribution is -2.63. The lowest BCUT2D eigenvalue weighted by Gasteiger charge is -2.44. The highest BCUT2D eigenvalue weighted by Crippen LogP contribution is 2.40. The fourth-order valence-corrected chi connectivity index (χ4v) is 6.24. The van der Waals surface area contributed by atoms with Gasteiger partial charge < -0.3 is 98.9 Å². The molecule has 3 aliphatic rings. The predicted molar refractivity (Wildman–Crippen MR) is 173 cm³/mol. The second-order valence-corrected chi connectivity index (χ2v) is 13.0. The minimum Gasteiger partial charge on any atom is -0.508 e. The van der Waals surface area contributed by atoms with Crippen molar-refractivity contribution in [3.8, 4) is 40.1 Å². The highest BCUT2D eigenvalue weighted by atomic mass is 16.8. The van der Waals surface area contributed by atoms with Gasteiger partial charge in [-0.2, -0.15) is 0 Å². The molecular formula is C33H40O21. The van der Waals surface area contributed by atoms with Crippen LogP contribution >= 0.6 is 0 Å². The molecule has 2 aromatic carbocycles. The van der Waals surface area contributed by atoms with Crippen molar-refractivity contribution in [2.24, 2.45) is 0 Å². The van der Waals surface area contributed by atoms with Crippen molar-refractivity contribution in [1.82, 2.24) is 0 Å². The van der Waals surface area contributed by atoms with Crippen LogP contribution in [0.5, 0.6) is 28.7 Å². The molecule has 3 saturated heterocycles. The van der Waals surface area contributed by atoms with Gasteiger partial charge in [0.05, 0.1) is 33.5 Å². The number of phenols is 3. The number of hydrogen-bond donors (Lipinski definition) is 12. The molecule has 0 aliphatic carbocycles. The van der Waals surface area contributed by atoms with Crippen molar-refractivity contribution in [3.63, 3.8) is 0 Å². The summed E-state index contributed by atoms with van der Waals surface area (Å²) in [5.74, 6) is -2.73. The van der Waals surface area contributed by atoms with Gasteiger partial charge in [-0.25, -0.2) is 0 Å². The summed E-state index contributed by atoms with van der Waals surface area (Å²) < 4.78 is 45.0. The van der Waals surface area contributed by atoms with Crippen LogP contribution in [0.1, 0.15) is 0 Å². The molecule has 3 fully saturated rings. The van der Waals surface area contributed by atoms with E-state index >= 15 is 0 Å². The van der Waals surface area contributed by atoms with E-state index in [0.29, 0.717) is 0 Å². The zero-order valence-corrected chi connectivity index (χ0v) is 28.2. The van der Waals surface area contributed by atoms with Crippen molar-refractivity contribution in [1.29, 1.82) is 0 Å². The average molecular weight is 773 g/mol. The fourth-order valence-electron chi connectivity index (χ4n) is 6.24. The second-order valence-electron chi connectivity index (χ2n) is 13.0. The number of ether oxygens (including phenoxy) is 7. The molecule has 12 N–H and O–H groups in total. The minimum absolute atomic E-state index is 0.0282. The third kappa shape index (κ3) is 7.27. The SMILES string of the molecule is COc1cc(-c2oc3cc(O)cc(O)c3c(=O)c2O[C@@H]2O[C@H](CO[C@@H]3O[C@H](CO)[C@@H](O)[C@H](O)[C@H]3O)[C@@H](O)[C@H](O)[C@H]2O[C@@H]2OC[C@](O)(CO)[C@H]2O)ccc1O. The van der Waals surface area contributed by atoms with E-state index in [9.17, 15) is 66.1 Å². The van der Waals surface area contributed by atoms with Crippen LogP contribution in [0.2, 0.25) is 0 Å². The van der Waals surface area contributed by atoms with Crippen molar-refractivity contribution in [2.45, 2.75) is 79.4 Å². The van der Waals surface area contributed by atoms with Crippen LogP contribution in [0, 0.1) is 0 Å². The van der Waals surface area contributed by atoms with Gasteiger partial charge in [0, 0.05) is 17.7 Å². The molecule has 13 atom stereocenters. The molecule has 1 aromatic heterocycles. The maximum Gasteiger partial charge on any atom is 0.239 e. The van der Waals surface area contributed by atoms with Crippen LogP contribution in [-0.2, 0) is 23.7 Å². The predicted octanol–water partition coefficient (Wildman–Crippen LogP) is -3.95. The van der Waals surface area contributed by atoms with E-state index in [2.05, 4.69) is 0 Å². The summed E-state index contributed by atoms with van der Waals surface area (Å²) >= 11 is 0. The Balaban J connectivity index is 1.40. The first-order valence-electron chi connectivity index (χ1n) is 16.4. The van der Waals surface area contributed by atoms with Gasteiger partial charge in [-0.15, -0.1) is 0 Å². The molecule has 0 radical (unpaired) electrons. The molecule has 54 heavy (non-hydrogen) atoms. The van der Waals surface area contributed by atoms with E-state index in [1.165, 1.54) is 25.3 Å². The molecule has 21 nitrogen and oxygen atoms in total. The number of aliphatic hydroxyl groups excluding tert-OH is 8. The highest BCUT2D eigenvalue weighted by molar-refractivity contribution is 5.88. The number of benzene rings is 2. The van der Waals surface area contributed by atoms with Crippen LogP contribution in [0.25, 0.3) is 22.3 Å². The summed E-state index contributed by atoms with van der Waals surface area (Å²) in [6, 6.07) is 5.61. The van der Waals surface area contributed by atoms with Crippen LogP contribution in [-0.4, -0.2) is 174 Å². The first-order chi connectivity index (χ1) is 25.6. The van der Waals surface area contributed by atoms with E-state index in [1.807, 2.05) is 0 Å². The number of hydrogen-bond acceptors (Lipinski definition) is 21. The molecule has 0 saturated carbocycles. The third-order valence-corrected chi connectivity index (χ3v) is 9.38. The van der Waals surface area contributed by atoms with Gasteiger partial charge in [0.1, 0.15) is 76.9 Å². The number of aliphatic hydroxyl groups is 9. The van der Waals surface area contributed by atoms with Gasteiger partial charge in [-0.3, -0.25) is 4.79 Å². The van der Waals surface area contributed by atoms with E-state index in [1.54, 1.807) is 0 Å². The Morgan fingerprint density at radius 2 is 1.54 bits per heavy atom. The molecule has 0 spiro atoms. The Morgan fingerprint density at radius 1 is 0.833 bits per heavy atom. The Morgan fingerprint density at radius 3 is 2.20 bits per heavy atom. The Bertz CT molecular complexity index is 1850. The quantitative estimate of drug-likeness (QED) is 0.0885. The molecule has 3 aliphatic heterocycles. The Labute approximate surface area is 303 Å². The molecule has 3 aromatic rings. The fraction of sp³-hybridized carbons (Fsp3) is 0.545. The van der Waals surface area contributed by atoms with E-state index in [0.717, 1.165) is 12.1 Å². The topological polar surface area (TPSA) is 338 Å². The summed E-state index contributed by atoms with van der Waals surface area (Å²) in [6.45, 7) is -3.13. The summed E-state index contributed by atoms with van der Waals surface area (Å²) in [6.07, 6.45) is -21.7. The molecule has 21 heteroatoms. The first kappa shape index (κ1) is 39.8. The van der Waals surface area contributed by atoms with Crippen molar-refractivity contribution in [3.05, 3.63) is 40.6 Å². The molecule has 0 unspecified atom stereocenters. The second kappa shape index (κ2) is 15.7. The molecule has 4 heterocycles. The lowest BCUT2D eigenvalue weighted by molar-refractivity contribution is -0.337. The van der Waals surface area contributed by atoms with Crippen LogP contribution < -0.4 is 14.9 Å². The average Bonchev–Trinajstić information content (AvgIpc) is 3.43. The number of aromatic hydroxyl groups is 3. The van der Waals surface area contributed by atoms with Crippen molar-refractivity contribution < 1.29 is 98.9 Å². The Hall–Kier alpha value is -3.91. The van der Waals surface area contributed by atoms with Crippen LogP contribution in [0.4, 0.5) is 0 Å². The summed E-state index contributed by atoms with van der Waals surface area (Å²) in [4.78, 5) is 14.1. The normalized spacial score (nSPS) is 35.7. The van der Waals surface area contributed by atoms with Crippen molar-refractivity contribution >= 4 is 11.0 Å². The van der Waals surface area contributed by atoms with Gasteiger partial charge in [0.25, 0.3) is 0 Å². The van der Waals surface area contributed by atoms with Gasteiger partial charge in [-0.1, -0.05) is 0 Å². The molecular weight excluding hydrogens is 732 g/mol. The first-order valence-corrected chi connectivity index (χ1v) is 16.4. The smallest absolute Gasteiger partial charge is 0.239 e. The lowest BCUT2D eigenvalue weighted by atomic mass is 9.97. The standard InChI is InChI=1S/C33H40O21/c1-47-15-4-11(2-3-13(15)37)26-27(22(41)19-14(38)5-12(36)6-16(19)50-26)53-31-28(54-32-29(45)33(46,9-35)10-49-32)24(43)21(40)18(52-31)8-48-30-25(44)23(42)20(39)17(7-34)51-30/h2-6,17-18,20-21,23-25,28-32,34-40,42-46H,7-10H2,1H3/t17-,18-,20-,21-,23+,24+,25-,28-,29+,30-,31+,32+,33-/m1/s1. The zero-order chi connectivity index (χ0) is 39.2. The maximum absolute atomic E-state index is 14.1. The molecule has 0 bridgehead atoms. The van der Waals surface area contributed by atoms with E-state index in [-0.39, 0.29) is 22.6 Å². The number of fused-ring (bicyclic) bond motifs is 1. The van der Waals surface area contributed by atoms with Gasteiger partial charge in [-0.05, 0) is 18.2 Å². The van der Waals surface area contributed by atoms with Crippen LogP contribution in [0.3, 0.4) is 0 Å². The number of rotatable bonds is 11. The number of phenolic OH excluding ortho intramolecular Hbond substituents is 3. The molecule has 6 rings (SSSR count). The minimum atomic E-state index is -2.20. The van der Waals surface area contributed by atoms with Crippen LogP contribution in [0.15, 0.2) is 39.5 Å². The third-order valence-electron chi connectivity index (χ3n) is 9.38. The summed E-state index contributed by atoms with van der Waals surface area (Å²) in [7, 11) is 1.25.